The first kappa shape index (κ1) is 15.3. The SMILES string of the molecule is CCn1ncnc1CNC(=O)N1CCC=C(c2ccccc2)C1. The first-order chi connectivity index (χ1) is 11.3. The minimum absolute atomic E-state index is 0.0582. The van der Waals surface area contributed by atoms with Gasteiger partial charge >= 0.3 is 6.03 Å². The van der Waals surface area contributed by atoms with Gasteiger partial charge in [-0.25, -0.2) is 14.5 Å². The van der Waals surface area contributed by atoms with Crippen LogP contribution < -0.4 is 5.32 Å². The molecule has 6 heteroatoms. The van der Waals surface area contributed by atoms with E-state index in [2.05, 4.69) is 33.6 Å². The van der Waals surface area contributed by atoms with Crippen molar-refractivity contribution in [1.29, 1.82) is 0 Å². The number of hydrogen-bond donors (Lipinski definition) is 1. The number of benzene rings is 1. The summed E-state index contributed by atoms with van der Waals surface area (Å²) in [7, 11) is 0. The molecule has 0 aliphatic carbocycles. The van der Waals surface area contributed by atoms with Gasteiger partial charge in [0.15, 0.2) is 0 Å². The molecule has 1 aromatic heterocycles. The van der Waals surface area contributed by atoms with Gasteiger partial charge in [0, 0.05) is 19.6 Å². The Kier molecular flexibility index (Phi) is 4.71. The van der Waals surface area contributed by atoms with Gasteiger partial charge in [0.25, 0.3) is 0 Å². The molecule has 1 aliphatic heterocycles. The van der Waals surface area contributed by atoms with E-state index >= 15 is 0 Å². The fraction of sp³-hybridized carbons (Fsp3) is 0.353. The highest BCUT2D eigenvalue weighted by Crippen LogP contribution is 2.20. The monoisotopic (exact) mass is 311 g/mol. The summed E-state index contributed by atoms with van der Waals surface area (Å²) in [5.41, 5.74) is 2.37. The number of nitrogens with zero attached hydrogens (tertiary/aromatic N) is 4. The first-order valence-electron chi connectivity index (χ1n) is 7.92. The molecule has 1 aliphatic rings. The van der Waals surface area contributed by atoms with Gasteiger partial charge in [0.1, 0.15) is 12.2 Å². The summed E-state index contributed by atoms with van der Waals surface area (Å²) >= 11 is 0. The van der Waals surface area contributed by atoms with Crippen LogP contribution in [0.15, 0.2) is 42.7 Å². The summed E-state index contributed by atoms with van der Waals surface area (Å²) in [5.74, 6) is 0.775. The van der Waals surface area contributed by atoms with Gasteiger partial charge in [0.2, 0.25) is 0 Å². The average molecular weight is 311 g/mol. The van der Waals surface area contributed by atoms with Gasteiger partial charge in [0.05, 0.1) is 6.54 Å². The van der Waals surface area contributed by atoms with Crippen molar-refractivity contribution in [2.24, 2.45) is 0 Å². The topological polar surface area (TPSA) is 63.1 Å². The molecule has 0 bridgehead atoms. The van der Waals surface area contributed by atoms with Crippen molar-refractivity contribution in [2.75, 3.05) is 13.1 Å². The number of carbonyl (C=O) groups excluding carboxylic acids is 1. The molecule has 0 atom stereocenters. The Morgan fingerprint density at radius 3 is 2.91 bits per heavy atom. The number of hydrogen-bond acceptors (Lipinski definition) is 3. The van der Waals surface area contributed by atoms with E-state index in [-0.39, 0.29) is 6.03 Å². The highest BCUT2D eigenvalue weighted by Gasteiger charge is 2.19. The Morgan fingerprint density at radius 1 is 1.30 bits per heavy atom. The summed E-state index contributed by atoms with van der Waals surface area (Å²) in [5, 5.41) is 7.05. The van der Waals surface area contributed by atoms with E-state index in [1.165, 1.54) is 17.5 Å². The lowest BCUT2D eigenvalue weighted by molar-refractivity contribution is 0.202. The van der Waals surface area contributed by atoms with Crippen LogP contribution in [0.4, 0.5) is 4.79 Å². The minimum atomic E-state index is -0.0582. The van der Waals surface area contributed by atoms with Crippen LogP contribution in [-0.2, 0) is 13.1 Å². The van der Waals surface area contributed by atoms with Gasteiger partial charge in [-0.1, -0.05) is 36.4 Å². The Balaban J connectivity index is 1.59. The normalized spacial score (nSPS) is 14.5. The van der Waals surface area contributed by atoms with Crippen molar-refractivity contribution in [1.82, 2.24) is 25.0 Å². The maximum atomic E-state index is 12.4. The maximum absolute atomic E-state index is 12.4. The van der Waals surface area contributed by atoms with E-state index in [1.54, 1.807) is 4.68 Å². The third-order valence-electron chi connectivity index (χ3n) is 3.98. The van der Waals surface area contributed by atoms with Crippen LogP contribution >= 0.6 is 0 Å². The number of aromatic nitrogens is 3. The predicted octanol–water partition coefficient (Wildman–Crippen LogP) is 2.30. The molecule has 2 amide bonds. The summed E-state index contributed by atoms with van der Waals surface area (Å²) < 4.78 is 1.78. The average Bonchev–Trinajstić information content (AvgIpc) is 3.08. The second-order valence-electron chi connectivity index (χ2n) is 5.46. The third kappa shape index (κ3) is 3.59. The second-order valence-corrected chi connectivity index (χ2v) is 5.46. The number of carbonyl (C=O) groups is 1. The zero-order valence-corrected chi connectivity index (χ0v) is 13.3. The van der Waals surface area contributed by atoms with Gasteiger partial charge in [-0.2, -0.15) is 5.10 Å². The molecule has 0 radical (unpaired) electrons. The molecule has 23 heavy (non-hydrogen) atoms. The standard InChI is InChI=1S/C17H21N5O/c1-2-22-16(19-13-20-22)11-18-17(23)21-10-6-9-15(12-21)14-7-4-3-5-8-14/h3-5,7-9,13H,2,6,10-12H2,1H3,(H,18,23). The Bertz CT molecular complexity index is 692. The summed E-state index contributed by atoms with van der Waals surface area (Å²) in [6.45, 7) is 4.52. The summed E-state index contributed by atoms with van der Waals surface area (Å²) in [6.07, 6.45) is 4.61. The number of aryl methyl sites for hydroxylation is 1. The highest BCUT2D eigenvalue weighted by atomic mass is 16.2. The van der Waals surface area contributed by atoms with Crippen LogP contribution in [0.2, 0.25) is 0 Å². The molecule has 2 aromatic rings. The second kappa shape index (κ2) is 7.09. The van der Waals surface area contributed by atoms with Crippen molar-refractivity contribution in [3.63, 3.8) is 0 Å². The minimum Gasteiger partial charge on any atom is -0.331 e. The zero-order chi connectivity index (χ0) is 16.1. The predicted molar refractivity (Wildman–Crippen MR) is 88.5 cm³/mol. The molecule has 1 N–H and O–H groups in total. The molecule has 0 spiro atoms. The smallest absolute Gasteiger partial charge is 0.318 e. The molecule has 0 unspecified atom stereocenters. The first-order valence-corrected chi connectivity index (χ1v) is 7.92. The van der Waals surface area contributed by atoms with Gasteiger partial charge in [-0.3, -0.25) is 0 Å². The summed E-state index contributed by atoms with van der Waals surface area (Å²) in [4.78, 5) is 18.4. The molecule has 1 aromatic carbocycles. The summed E-state index contributed by atoms with van der Waals surface area (Å²) in [6, 6.07) is 10.1. The lowest BCUT2D eigenvalue weighted by atomic mass is 10.0. The van der Waals surface area contributed by atoms with Crippen LogP contribution in [0.3, 0.4) is 0 Å². The largest absolute Gasteiger partial charge is 0.331 e. The molecule has 0 saturated carbocycles. The van der Waals surface area contributed by atoms with Crippen LogP contribution in [0.1, 0.15) is 24.7 Å². The lowest BCUT2D eigenvalue weighted by Gasteiger charge is -2.27. The van der Waals surface area contributed by atoms with Gasteiger partial charge in [-0.05, 0) is 24.5 Å². The fourth-order valence-electron chi connectivity index (χ4n) is 2.73. The van der Waals surface area contributed by atoms with Crippen molar-refractivity contribution in [2.45, 2.75) is 26.4 Å². The van der Waals surface area contributed by atoms with Crippen molar-refractivity contribution in [3.05, 3.63) is 54.1 Å². The van der Waals surface area contributed by atoms with Crippen molar-refractivity contribution >= 4 is 11.6 Å². The van der Waals surface area contributed by atoms with Crippen LogP contribution in [0, 0.1) is 0 Å². The van der Waals surface area contributed by atoms with E-state index < -0.39 is 0 Å². The molecular weight excluding hydrogens is 290 g/mol. The van der Waals surface area contributed by atoms with Gasteiger partial charge < -0.3 is 10.2 Å². The number of rotatable bonds is 4. The van der Waals surface area contributed by atoms with E-state index in [4.69, 9.17) is 0 Å². The number of urea groups is 1. The lowest BCUT2D eigenvalue weighted by Crippen LogP contribution is -2.42. The van der Waals surface area contributed by atoms with Crippen LogP contribution in [0.5, 0.6) is 0 Å². The molecular formula is C17H21N5O. The zero-order valence-electron chi connectivity index (χ0n) is 13.3. The van der Waals surface area contributed by atoms with E-state index in [9.17, 15) is 4.79 Å². The van der Waals surface area contributed by atoms with Crippen LogP contribution in [-0.4, -0.2) is 38.8 Å². The van der Waals surface area contributed by atoms with Gasteiger partial charge in [-0.15, -0.1) is 0 Å². The molecule has 2 heterocycles. The molecule has 120 valence electrons. The van der Waals surface area contributed by atoms with Crippen molar-refractivity contribution in [3.8, 4) is 0 Å². The Labute approximate surface area is 135 Å². The van der Waals surface area contributed by atoms with Crippen LogP contribution in [0.25, 0.3) is 5.57 Å². The van der Waals surface area contributed by atoms with E-state index in [0.29, 0.717) is 13.1 Å². The van der Waals surface area contributed by atoms with E-state index in [0.717, 1.165) is 25.3 Å². The van der Waals surface area contributed by atoms with E-state index in [1.807, 2.05) is 30.0 Å². The fourth-order valence-corrected chi connectivity index (χ4v) is 2.73. The van der Waals surface area contributed by atoms with Crippen molar-refractivity contribution < 1.29 is 4.79 Å². The Hall–Kier alpha value is -2.63. The Morgan fingerprint density at radius 2 is 2.13 bits per heavy atom. The molecule has 6 nitrogen and oxygen atoms in total. The number of nitrogens with one attached hydrogen (secondary N) is 1. The quantitative estimate of drug-likeness (QED) is 0.942. The molecule has 3 rings (SSSR count). The highest BCUT2D eigenvalue weighted by molar-refractivity contribution is 5.78. The molecule has 0 saturated heterocycles. The third-order valence-corrected chi connectivity index (χ3v) is 3.98. The number of amides is 2. The maximum Gasteiger partial charge on any atom is 0.318 e. The molecule has 0 fully saturated rings.